The summed E-state index contributed by atoms with van der Waals surface area (Å²) < 4.78 is 9.84. The largest absolute Gasteiger partial charge is 2.00 e. The minimum absolute atomic E-state index is 0. The van der Waals surface area contributed by atoms with Crippen LogP contribution in [0.3, 0.4) is 0 Å². The molecule has 0 saturated heterocycles. The predicted octanol–water partition coefficient (Wildman–Crippen LogP) is 0.0461. The van der Waals surface area contributed by atoms with Crippen molar-refractivity contribution in [2.24, 2.45) is 0 Å². The van der Waals surface area contributed by atoms with Gasteiger partial charge in [-0.2, -0.15) is 0 Å². The van der Waals surface area contributed by atoms with Crippen molar-refractivity contribution in [3.05, 3.63) is 24.3 Å². The van der Waals surface area contributed by atoms with Crippen LogP contribution < -0.4 is 10.2 Å². The van der Waals surface area contributed by atoms with Crippen molar-refractivity contribution in [1.29, 1.82) is 0 Å². The van der Waals surface area contributed by atoms with Gasteiger partial charge in [-0.25, -0.2) is 9.59 Å². The van der Waals surface area contributed by atoms with Crippen molar-refractivity contribution in [2.75, 3.05) is 0 Å². The van der Waals surface area contributed by atoms with Crippen LogP contribution in [-0.2, 0) is 48.1 Å². The second-order valence-electron chi connectivity index (χ2n) is 6.37. The quantitative estimate of drug-likeness (QED) is 0.296. The van der Waals surface area contributed by atoms with Gasteiger partial charge < -0.3 is 29.3 Å². The fourth-order valence-electron chi connectivity index (χ4n) is 1.03. The Morgan fingerprint density at radius 1 is 0.704 bits per heavy atom. The molecule has 0 aromatic rings. The van der Waals surface area contributed by atoms with Crippen LogP contribution in [-0.4, -0.2) is 35.1 Å². The number of hydrogen-bond acceptors (Lipinski definition) is 8. The van der Waals surface area contributed by atoms with E-state index in [0.29, 0.717) is 25.0 Å². The smallest absolute Gasteiger partial charge is 0.545 e. The van der Waals surface area contributed by atoms with Crippen LogP contribution in [0, 0.1) is 0 Å². The molecular weight excluding hydrogens is 410 g/mol. The first-order chi connectivity index (χ1) is 11.7. The summed E-state index contributed by atoms with van der Waals surface area (Å²) in [6.45, 7) is 10.7. The Bertz CT molecular complexity index is 512. The van der Waals surface area contributed by atoms with Gasteiger partial charge >= 0.3 is 31.4 Å². The molecule has 0 bridgehead atoms. The van der Waals surface area contributed by atoms with Gasteiger partial charge in [-0.3, -0.25) is 0 Å². The third kappa shape index (κ3) is 20.2. The standard InChI is InChI=1S/2C9H14O4.Zn/c2*1-4-9(2,3)13-8(12)6-5-7(10)11;/h2*5-6H,4H2,1-3H3,(H,10,11);/q;;+2/p-2/b2*6-5-;. The molecule has 0 N–H and O–H groups in total. The maximum atomic E-state index is 10.9. The van der Waals surface area contributed by atoms with E-state index in [1.165, 1.54) is 0 Å². The molecular formula is C18H26O8Zn. The van der Waals surface area contributed by atoms with Crippen molar-refractivity contribution >= 4 is 23.9 Å². The Morgan fingerprint density at radius 2 is 0.963 bits per heavy atom. The Morgan fingerprint density at radius 3 is 1.15 bits per heavy atom. The van der Waals surface area contributed by atoms with E-state index in [-0.39, 0.29) is 19.5 Å². The second-order valence-corrected chi connectivity index (χ2v) is 6.37. The summed E-state index contributed by atoms with van der Waals surface area (Å²) in [4.78, 5) is 41.7. The molecule has 0 aliphatic rings. The van der Waals surface area contributed by atoms with E-state index < -0.39 is 35.1 Å². The van der Waals surface area contributed by atoms with Gasteiger partial charge in [-0.15, -0.1) is 0 Å². The van der Waals surface area contributed by atoms with Crippen LogP contribution in [0.1, 0.15) is 54.4 Å². The number of rotatable bonds is 8. The number of carbonyl (C=O) groups is 4. The van der Waals surface area contributed by atoms with Gasteiger partial charge in [0.25, 0.3) is 0 Å². The Kier molecular flexibility index (Phi) is 15.5. The summed E-state index contributed by atoms with van der Waals surface area (Å²) in [5.74, 6) is -4.16. The van der Waals surface area contributed by atoms with Crippen LogP contribution in [0.25, 0.3) is 0 Å². The monoisotopic (exact) mass is 434 g/mol. The van der Waals surface area contributed by atoms with E-state index in [4.69, 9.17) is 9.47 Å². The van der Waals surface area contributed by atoms with E-state index >= 15 is 0 Å². The number of aliphatic carboxylic acids is 2. The third-order valence-electron chi connectivity index (χ3n) is 3.17. The molecule has 0 aromatic heterocycles. The SMILES string of the molecule is CCC(C)(C)OC(=O)/C=C\C(=O)[O-].CCC(C)(C)OC(=O)/C=C\C(=O)[O-].[Zn+2]. The van der Waals surface area contributed by atoms with E-state index in [1.54, 1.807) is 27.7 Å². The first kappa shape index (κ1) is 29.7. The van der Waals surface area contributed by atoms with Gasteiger partial charge in [0.05, 0.1) is 11.9 Å². The fourth-order valence-corrected chi connectivity index (χ4v) is 1.03. The van der Waals surface area contributed by atoms with Crippen LogP contribution in [0.5, 0.6) is 0 Å². The van der Waals surface area contributed by atoms with Crippen LogP contribution in [0.2, 0.25) is 0 Å². The third-order valence-corrected chi connectivity index (χ3v) is 3.17. The fraction of sp³-hybridized carbons (Fsp3) is 0.556. The summed E-state index contributed by atoms with van der Waals surface area (Å²) in [6, 6.07) is 0. The molecule has 9 heteroatoms. The molecule has 0 aliphatic carbocycles. The van der Waals surface area contributed by atoms with Gasteiger partial charge in [0, 0.05) is 12.2 Å². The zero-order chi connectivity index (χ0) is 21.0. The number of esters is 2. The summed E-state index contributed by atoms with van der Waals surface area (Å²) in [5, 5.41) is 19.9. The van der Waals surface area contributed by atoms with Crippen LogP contribution >= 0.6 is 0 Å². The zero-order valence-corrected chi connectivity index (χ0v) is 19.7. The minimum Gasteiger partial charge on any atom is -0.545 e. The average molecular weight is 436 g/mol. The maximum absolute atomic E-state index is 10.9. The summed E-state index contributed by atoms with van der Waals surface area (Å²) in [7, 11) is 0. The van der Waals surface area contributed by atoms with Gasteiger partial charge in [-0.05, 0) is 52.7 Å². The topological polar surface area (TPSA) is 133 Å². The molecule has 0 aliphatic heterocycles. The van der Waals surface area contributed by atoms with Crippen molar-refractivity contribution in [2.45, 2.75) is 65.6 Å². The first-order valence-corrected chi connectivity index (χ1v) is 7.98. The molecule has 0 saturated carbocycles. The average Bonchev–Trinajstić information content (AvgIpc) is 2.51. The second kappa shape index (κ2) is 14.1. The molecule has 0 atom stereocenters. The van der Waals surface area contributed by atoms with E-state index in [2.05, 4.69) is 0 Å². The summed E-state index contributed by atoms with van der Waals surface area (Å²) in [5.41, 5.74) is -1.12. The molecule has 0 unspecified atom stereocenters. The van der Waals surface area contributed by atoms with Crippen LogP contribution in [0.15, 0.2) is 24.3 Å². The number of carbonyl (C=O) groups excluding carboxylic acids is 4. The molecule has 0 radical (unpaired) electrons. The molecule has 0 spiro atoms. The normalized spacial score (nSPS) is 11.2. The van der Waals surface area contributed by atoms with E-state index in [0.717, 1.165) is 12.2 Å². The summed E-state index contributed by atoms with van der Waals surface area (Å²) in [6.07, 6.45) is 4.30. The zero-order valence-electron chi connectivity index (χ0n) is 16.7. The molecule has 0 heterocycles. The Hall–Kier alpha value is -2.02. The van der Waals surface area contributed by atoms with Gasteiger partial charge in [0.15, 0.2) is 0 Å². The molecule has 0 aromatic carbocycles. The molecule has 0 fully saturated rings. The Labute approximate surface area is 172 Å². The van der Waals surface area contributed by atoms with Gasteiger partial charge in [0.2, 0.25) is 0 Å². The number of ether oxygens (including phenoxy) is 2. The van der Waals surface area contributed by atoms with Crippen LogP contribution in [0.4, 0.5) is 0 Å². The van der Waals surface area contributed by atoms with Crippen molar-refractivity contribution in [3.63, 3.8) is 0 Å². The van der Waals surface area contributed by atoms with E-state index in [9.17, 15) is 29.4 Å². The maximum Gasteiger partial charge on any atom is 2.00 e. The van der Waals surface area contributed by atoms with Crippen molar-refractivity contribution in [3.8, 4) is 0 Å². The molecule has 0 rings (SSSR count). The molecule has 27 heavy (non-hydrogen) atoms. The minimum atomic E-state index is -1.41. The molecule has 0 amide bonds. The van der Waals surface area contributed by atoms with Crippen molar-refractivity contribution in [1.82, 2.24) is 0 Å². The van der Waals surface area contributed by atoms with Crippen molar-refractivity contribution < 1.29 is 58.3 Å². The summed E-state index contributed by atoms with van der Waals surface area (Å²) >= 11 is 0. The Balaban J connectivity index is -0.000000411. The van der Waals surface area contributed by atoms with Gasteiger partial charge in [0.1, 0.15) is 11.2 Å². The number of hydrogen-bond donors (Lipinski definition) is 0. The first-order valence-electron chi connectivity index (χ1n) is 7.98. The number of carboxylic acid groups (broad SMARTS) is 2. The molecule has 8 nitrogen and oxygen atoms in total. The van der Waals surface area contributed by atoms with E-state index in [1.807, 2.05) is 13.8 Å². The number of carboxylic acids is 2. The molecule has 148 valence electrons. The van der Waals surface area contributed by atoms with Gasteiger partial charge in [-0.1, -0.05) is 13.8 Å². The predicted molar refractivity (Wildman–Crippen MR) is 89.2 cm³/mol.